The van der Waals surface area contributed by atoms with Crippen LogP contribution in [0.1, 0.15) is 54.9 Å². The highest BCUT2D eigenvalue weighted by molar-refractivity contribution is 5.97. The fourth-order valence-electron chi connectivity index (χ4n) is 5.72. The molecule has 4 aliphatic rings. The average Bonchev–Trinajstić information content (AvgIpc) is 3.94. The molecule has 1 aromatic carbocycles. The lowest BCUT2D eigenvalue weighted by molar-refractivity contribution is -0.209. The van der Waals surface area contributed by atoms with Gasteiger partial charge in [-0.05, 0) is 62.5 Å². The predicted octanol–water partition coefficient (Wildman–Crippen LogP) is 0.796. The van der Waals surface area contributed by atoms with Gasteiger partial charge in [-0.3, -0.25) is 9.59 Å². The molecule has 234 valence electrons. The summed E-state index contributed by atoms with van der Waals surface area (Å²) in [5, 5.41) is 33.1. The number of carbonyl (C=O) groups is 3. The zero-order valence-corrected chi connectivity index (χ0v) is 24.1. The van der Waals surface area contributed by atoms with Gasteiger partial charge in [-0.2, -0.15) is 0 Å². The number of aliphatic hydroxyl groups excluding tert-OH is 3. The van der Waals surface area contributed by atoms with Crippen molar-refractivity contribution in [2.75, 3.05) is 26.4 Å². The van der Waals surface area contributed by atoms with Crippen molar-refractivity contribution in [3.63, 3.8) is 0 Å². The number of hydrogen-bond acceptors (Lipinski definition) is 10. The lowest BCUT2D eigenvalue weighted by atomic mass is 9.91. The van der Waals surface area contributed by atoms with Crippen LogP contribution in [0.3, 0.4) is 0 Å². The van der Waals surface area contributed by atoms with Gasteiger partial charge in [0.05, 0.1) is 31.1 Å². The van der Waals surface area contributed by atoms with Crippen molar-refractivity contribution in [3.8, 4) is 0 Å². The minimum Gasteiger partial charge on any atom is -0.499 e. The summed E-state index contributed by atoms with van der Waals surface area (Å²) in [6.45, 7) is 1.12. The summed E-state index contributed by atoms with van der Waals surface area (Å²) in [6.07, 6.45) is 5.44. The van der Waals surface area contributed by atoms with Gasteiger partial charge in [-0.15, -0.1) is 0 Å². The van der Waals surface area contributed by atoms with Gasteiger partial charge in [0.15, 0.2) is 5.79 Å². The van der Waals surface area contributed by atoms with Crippen molar-refractivity contribution < 1.29 is 48.7 Å². The monoisotopic (exact) mass is 600 g/mol. The van der Waals surface area contributed by atoms with Crippen LogP contribution in [0.25, 0.3) is 6.08 Å². The quantitative estimate of drug-likeness (QED) is 0.117. The number of fused-ring (bicyclic) bond motifs is 1. The van der Waals surface area contributed by atoms with E-state index in [9.17, 15) is 19.5 Å². The minimum atomic E-state index is -1.26. The van der Waals surface area contributed by atoms with Crippen LogP contribution in [0.15, 0.2) is 42.2 Å². The molecule has 0 spiro atoms. The van der Waals surface area contributed by atoms with E-state index in [1.54, 1.807) is 36.4 Å². The summed E-state index contributed by atoms with van der Waals surface area (Å²) in [5.41, 5.74) is 1.24. The van der Waals surface area contributed by atoms with Crippen LogP contribution in [-0.4, -0.2) is 95.7 Å². The highest BCUT2D eigenvalue weighted by Crippen LogP contribution is 2.59. The van der Waals surface area contributed by atoms with Crippen LogP contribution >= 0.6 is 0 Å². The number of ether oxygens (including phenoxy) is 4. The van der Waals surface area contributed by atoms with E-state index in [1.165, 1.54) is 13.2 Å². The molecule has 2 amide bonds. The summed E-state index contributed by atoms with van der Waals surface area (Å²) in [5.74, 6) is -2.10. The summed E-state index contributed by atoms with van der Waals surface area (Å²) < 4.78 is 24.4. The number of amides is 2. The topological polar surface area (TPSA) is 173 Å². The Morgan fingerprint density at radius 1 is 1.12 bits per heavy atom. The van der Waals surface area contributed by atoms with Gasteiger partial charge in [0.2, 0.25) is 11.8 Å². The molecule has 5 rings (SSSR count). The number of nitrogens with one attached hydrogen (secondary N) is 2. The first-order valence-electron chi connectivity index (χ1n) is 14.9. The Labute approximate surface area is 250 Å². The van der Waals surface area contributed by atoms with Gasteiger partial charge in [-0.1, -0.05) is 12.1 Å². The van der Waals surface area contributed by atoms with Gasteiger partial charge in [0, 0.05) is 30.4 Å². The molecule has 3 fully saturated rings. The van der Waals surface area contributed by atoms with Crippen molar-refractivity contribution in [1.82, 2.24) is 10.6 Å². The molecule has 5 atom stereocenters. The van der Waals surface area contributed by atoms with Crippen LogP contribution in [-0.2, 0) is 28.5 Å². The van der Waals surface area contributed by atoms with E-state index < -0.39 is 54.0 Å². The number of rotatable bonds is 14. The largest absolute Gasteiger partial charge is 0.499 e. The van der Waals surface area contributed by atoms with E-state index in [0.29, 0.717) is 11.1 Å². The lowest BCUT2D eigenvalue weighted by Crippen LogP contribution is -2.54. The molecule has 0 bridgehead atoms. The molecule has 5 unspecified atom stereocenters. The number of hydrogen-bond donors (Lipinski definition) is 5. The Kier molecular flexibility index (Phi) is 9.82. The fourth-order valence-corrected chi connectivity index (χ4v) is 5.72. The van der Waals surface area contributed by atoms with E-state index >= 15 is 0 Å². The molecule has 1 heterocycles. The zero-order valence-electron chi connectivity index (χ0n) is 24.1. The zero-order chi connectivity index (χ0) is 30.6. The first kappa shape index (κ1) is 31.1. The molecule has 0 radical (unpaired) electrons. The van der Waals surface area contributed by atoms with E-state index in [1.807, 2.05) is 0 Å². The maximum atomic E-state index is 13.4. The molecule has 1 aliphatic heterocycles. The summed E-state index contributed by atoms with van der Waals surface area (Å²) in [7, 11) is 0. The second kappa shape index (κ2) is 13.6. The normalized spacial score (nSPS) is 25.8. The third kappa shape index (κ3) is 7.27. The highest BCUT2D eigenvalue weighted by Gasteiger charge is 2.64. The van der Waals surface area contributed by atoms with Crippen molar-refractivity contribution in [2.45, 2.75) is 75.3 Å². The van der Waals surface area contributed by atoms with Crippen LogP contribution < -0.4 is 10.6 Å². The summed E-state index contributed by atoms with van der Waals surface area (Å²) in [6, 6.07) is 5.52. The summed E-state index contributed by atoms with van der Waals surface area (Å²) in [4.78, 5) is 39.4. The Hall–Kier alpha value is -3.29. The van der Waals surface area contributed by atoms with Crippen LogP contribution in [0.2, 0.25) is 0 Å². The van der Waals surface area contributed by atoms with Crippen molar-refractivity contribution >= 4 is 23.9 Å². The van der Waals surface area contributed by atoms with E-state index in [0.717, 1.165) is 25.7 Å². The highest BCUT2D eigenvalue weighted by atomic mass is 16.8. The third-order valence-corrected chi connectivity index (χ3v) is 8.11. The molecule has 2 saturated carbocycles. The second-order valence-corrected chi connectivity index (χ2v) is 11.5. The third-order valence-electron chi connectivity index (χ3n) is 8.11. The lowest BCUT2D eigenvalue weighted by Gasteiger charge is -2.31. The molecule has 1 saturated heterocycles. The molecule has 0 aromatic heterocycles. The van der Waals surface area contributed by atoms with E-state index in [2.05, 4.69) is 10.6 Å². The van der Waals surface area contributed by atoms with Crippen LogP contribution in [0, 0.1) is 11.8 Å². The Balaban J connectivity index is 1.35. The number of carbonyl (C=O) groups excluding carboxylic acids is 3. The molecule has 43 heavy (non-hydrogen) atoms. The van der Waals surface area contributed by atoms with Gasteiger partial charge < -0.3 is 44.9 Å². The fraction of sp³-hybridized carbons (Fsp3) is 0.581. The number of aliphatic hydroxyl groups is 3. The predicted molar refractivity (Wildman–Crippen MR) is 152 cm³/mol. The molecule has 12 nitrogen and oxygen atoms in total. The smallest absolute Gasteiger partial charge is 0.338 e. The van der Waals surface area contributed by atoms with E-state index in [4.69, 9.17) is 29.2 Å². The minimum absolute atomic E-state index is 0.0207. The number of esters is 1. The van der Waals surface area contributed by atoms with Gasteiger partial charge in [-0.25, -0.2) is 4.79 Å². The first-order valence-corrected chi connectivity index (χ1v) is 14.9. The summed E-state index contributed by atoms with van der Waals surface area (Å²) >= 11 is 0. The molecule has 5 N–H and O–H groups in total. The molecular weight excluding hydrogens is 560 g/mol. The Morgan fingerprint density at radius 3 is 2.51 bits per heavy atom. The SMILES string of the molecule is CC(O)C(NC(=O)C1=CC2OC(C3CC3)(C3CC3)OC2C(OC(=O)c2cccc(C=COCCO)c2)C1)C(=O)NCCO. The first-order chi connectivity index (χ1) is 20.8. The second-order valence-electron chi connectivity index (χ2n) is 11.5. The van der Waals surface area contributed by atoms with Crippen LogP contribution in [0.5, 0.6) is 0 Å². The number of benzene rings is 1. The van der Waals surface area contributed by atoms with Crippen molar-refractivity contribution in [3.05, 3.63) is 53.3 Å². The average molecular weight is 601 g/mol. The van der Waals surface area contributed by atoms with Gasteiger partial charge in [0.1, 0.15) is 31.0 Å². The van der Waals surface area contributed by atoms with Gasteiger partial charge in [0.25, 0.3) is 0 Å². The molecule has 1 aromatic rings. The molecular formula is C31H40N2O10. The Morgan fingerprint density at radius 2 is 1.86 bits per heavy atom. The molecule has 3 aliphatic carbocycles. The standard InChI is InChI=1S/C31H40N2O10/c1-18(36)26(29(38)32-10-11-34)33-28(37)21-16-24(27-25(17-21)42-31(43-27,22-5-6-22)23-7-8-23)41-30(39)20-4-2-3-19(15-20)9-13-40-14-12-35/h2-4,9,13,15,17-18,22-27,34-36H,5-8,10-12,14,16H2,1H3,(H,32,38)(H,33,37). The van der Waals surface area contributed by atoms with Gasteiger partial charge >= 0.3 is 5.97 Å². The van der Waals surface area contributed by atoms with Crippen molar-refractivity contribution in [1.29, 1.82) is 0 Å². The maximum Gasteiger partial charge on any atom is 0.338 e. The maximum absolute atomic E-state index is 13.4. The Bertz CT molecular complexity index is 1230. The molecule has 12 heteroatoms. The van der Waals surface area contributed by atoms with E-state index in [-0.39, 0.29) is 50.2 Å². The van der Waals surface area contributed by atoms with Crippen molar-refractivity contribution in [2.24, 2.45) is 11.8 Å². The van der Waals surface area contributed by atoms with Crippen LogP contribution in [0.4, 0.5) is 0 Å².